The van der Waals surface area contributed by atoms with E-state index >= 15 is 0 Å². The van der Waals surface area contributed by atoms with Crippen molar-refractivity contribution in [3.05, 3.63) is 105 Å². The Morgan fingerprint density at radius 2 is 1.69 bits per heavy atom. The SMILES string of the molecule is C=CCc1cc(/C=C2\C(=O)NC(=O)N(c3ccc(Cl)c(Cl)c3)C2=O)cc(OCC)c1OCc1ccc(Cl)cc1. The Kier molecular flexibility index (Phi) is 8.97. The van der Waals surface area contributed by atoms with Gasteiger partial charge in [0, 0.05) is 10.6 Å². The van der Waals surface area contributed by atoms with Gasteiger partial charge in [-0.1, -0.05) is 53.0 Å². The standard InChI is InChI=1S/C29H23Cl3N2O5/c1-3-5-19-12-18(14-25(38-4-2)26(19)39-16-17-6-8-20(30)9-7-17)13-22-27(35)33-29(37)34(28(22)36)21-10-11-23(31)24(32)15-21/h3,6-15H,1,4-5,16H2,2H3,(H,33,35,37)/b22-13+. The zero-order valence-electron chi connectivity index (χ0n) is 20.8. The van der Waals surface area contributed by atoms with Crippen LogP contribution in [0.2, 0.25) is 15.1 Å². The number of halogens is 3. The first-order chi connectivity index (χ1) is 18.7. The number of ether oxygens (including phenoxy) is 2. The number of nitrogens with zero attached hydrogens (tertiary/aromatic N) is 1. The van der Waals surface area contributed by atoms with Crippen molar-refractivity contribution in [1.29, 1.82) is 0 Å². The number of carbonyl (C=O) groups is 3. The monoisotopic (exact) mass is 584 g/mol. The fourth-order valence-corrected chi connectivity index (χ4v) is 4.34. The van der Waals surface area contributed by atoms with Gasteiger partial charge in [0.2, 0.25) is 0 Å². The quantitative estimate of drug-likeness (QED) is 0.166. The Bertz CT molecular complexity index is 1480. The average Bonchev–Trinajstić information content (AvgIpc) is 2.89. The minimum atomic E-state index is -0.895. The van der Waals surface area contributed by atoms with Crippen LogP contribution in [0.3, 0.4) is 0 Å². The summed E-state index contributed by atoms with van der Waals surface area (Å²) in [7, 11) is 0. The molecule has 0 aliphatic carbocycles. The maximum Gasteiger partial charge on any atom is 0.335 e. The lowest BCUT2D eigenvalue weighted by Crippen LogP contribution is -2.54. The first-order valence-corrected chi connectivity index (χ1v) is 13.0. The molecule has 1 N–H and O–H groups in total. The van der Waals surface area contributed by atoms with Crippen LogP contribution in [-0.4, -0.2) is 24.5 Å². The first kappa shape index (κ1) is 28.2. The van der Waals surface area contributed by atoms with Crippen molar-refractivity contribution < 1.29 is 23.9 Å². The number of hydrogen-bond donors (Lipinski definition) is 1. The second-order valence-corrected chi connectivity index (χ2v) is 9.66. The van der Waals surface area contributed by atoms with Crippen LogP contribution in [0.15, 0.2) is 72.8 Å². The third kappa shape index (κ3) is 6.45. The van der Waals surface area contributed by atoms with Crippen molar-refractivity contribution >= 4 is 64.4 Å². The van der Waals surface area contributed by atoms with E-state index in [9.17, 15) is 14.4 Å². The molecule has 10 heteroatoms. The molecule has 4 amide bonds. The Labute approximate surface area is 240 Å². The summed E-state index contributed by atoms with van der Waals surface area (Å²) in [5.41, 5.74) is 2.06. The number of nitrogens with one attached hydrogen (secondary N) is 1. The van der Waals surface area contributed by atoms with Crippen molar-refractivity contribution in [1.82, 2.24) is 5.32 Å². The molecule has 0 radical (unpaired) electrons. The molecular weight excluding hydrogens is 563 g/mol. The molecule has 3 aromatic rings. The molecule has 1 aliphatic rings. The number of anilines is 1. The predicted octanol–water partition coefficient (Wildman–Crippen LogP) is 7.02. The molecule has 7 nitrogen and oxygen atoms in total. The molecule has 1 saturated heterocycles. The zero-order valence-corrected chi connectivity index (χ0v) is 23.1. The lowest BCUT2D eigenvalue weighted by Gasteiger charge is -2.26. The van der Waals surface area contributed by atoms with E-state index in [0.717, 1.165) is 16.0 Å². The molecule has 1 heterocycles. The van der Waals surface area contributed by atoms with E-state index in [-0.39, 0.29) is 27.9 Å². The van der Waals surface area contributed by atoms with Crippen LogP contribution in [0.4, 0.5) is 10.5 Å². The van der Waals surface area contributed by atoms with E-state index in [1.807, 2.05) is 19.1 Å². The third-order valence-electron chi connectivity index (χ3n) is 5.69. The zero-order chi connectivity index (χ0) is 28.1. The molecule has 0 unspecified atom stereocenters. The highest BCUT2D eigenvalue weighted by atomic mass is 35.5. The van der Waals surface area contributed by atoms with E-state index in [1.165, 1.54) is 24.3 Å². The van der Waals surface area contributed by atoms with Crippen molar-refractivity contribution in [3.63, 3.8) is 0 Å². The summed E-state index contributed by atoms with van der Waals surface area (Å²) in [4.78, 5) is 39.4. The van der Waals surface area contributed by atoms with Gasteiger partial charge in [0.25, 0.3) is 11.8 Å². The third-order valence-corrected chi connectivity index (χ3v) is 6.68. The number of barbiturate groups is 1. The highest BCUT2D eigenvalue weighted by Crippen LogP contribution is 2.36. The van der Waals surface area contributed by atoms with Crippen LogP contribution >= 0.6 is 34.8 Å². The summed E-state index contributed by atoms with van der Waals surface area (Å²) >= 11 is 18.0. The van der Waals surface area contributed by atoms with Crippen LogP contribution in [-0.2, 0) is 22.6 Å². The summed E-state index contributed by atoms with van der Waals surface area (Å²) in [5.74, 6) is -0.694. The van der Waals surface area contributed by atoms with Gasteiger partial charge in [-0.3, -0.25) is 14.9 Å². The fraction of sp³-hybridized carbons (Fsp3) is 0.138. The average molecular weight is 586 g/mol. The van der Waals surface area contributed by atoms with Crippen LogP contribution in [0.1, 0.15) is 23.6 Å². The van der Waals surface area contributed by atoms with Gasteiger partial charge in [0.15, 0.2) is 11.5 Å². The smallest absolute Gasteiger partial charge is 0.335 e. The molecule has 0 saturated carbocycles. The molecule has 0 aromatic heterocycles. The van der Waals surface area contributed by atoms with E-state index in [0.29, 0.717) is 35.1 Å². The van der Waals surface area contributed by atoms with Gasteiger partial charge in [-0.25, -0.2) is 9.69 Å². The predicted molar refractivity (Wildman–Crippen MR) is 153 cm³/mol. The summed E-state index contributed by atoms with van der Waals surface area (Å²) in [6.45, 7) is 6.28. The van der Waals surface area contributed by atoms with Crippen molar-refractivity contribution in [2.75, 3.05) is 11.5 Å². The lowest BCUT2D eigenvalue weighted by molar-refractivity contribution is -0.122. The highest BCUT2D eigenvalue weighted by molar-refractivity contribution is 6.43. The van der Waals surface area contributed by atoms with Gasteiger partial charge >= 0.3 is 6.03 Å². The normalized spacial score (nSPS) is 14.4. The first-order valence-electron chi connectivity index (χ1n) is 11.9. The number of benzene rings is 3. The van der Waals surface area contributed by atoms with Gasteiger partial charge < -0.3 is 9.47 Å². The summed E-state index contributed by atoms with van der Waals surface area (Å²) < 4.78 is 12.0. The Balaban J connectivity index is 1.72. The second-order valence-electron chi connectivity index (χ2n) is 8.40. The Morgan fingerprint density at radius 1 is 0.949 bits per heavy atom. The molecule has 4 rings (SSSR count). The number of hydrogen-bond acceptors (Lipinski definition) is 5. The molecule has 1 fully saturated rings. The minimum absolute atomic E-state index is 0.154. The van der Waals surface area contributed by atoms with Gasteiger partial charge in [0.1, 0.15) is 12.2 Å². The molecule has 3 aromatic carbocycles. The molecule has 1 aliphatic heterocycles. The fourth-order valence-electron chi connectivity index (χ4n) is 3.92. The maximum absolute atomic E-state index is 13.3. The van der Waals surface area contributed by atoms with Gasteiger partial charge in [-0.15, -0.1) is 6.58 Å². The maximum atomic E-state index is 13.3. The summed E-state index contributed by atoms with van der Waals surface area (Å²) in [5, 5.41) is 3.23. The van der Waals surface area contributed by atoms with Gasteiger partial charge in [-0.2, -0.15) is 0 Å². The van der Waals surface area contributed by atoms with E-state index in [2.05, 4.69) is 11.9 Å². The van der Waals surface area contributed by atoms with E-state index in [4.69, 9.17) is 44.3 Å². The van der Waals surface area contributed by atoms with E-state index < -0.39 is 17.8 Å². The number of urea groups is 1. The molecule has 0 bridgehead atoms. The van der Waals surface area contributed by atoms with Gasteiger partial charge in [0.05, 0.1) is 22.3 Å². The molecule has 0 spiro atoms. The van der Waals surface area contributed by atoms with Crippen LogP contribution < -0.4 is 19.7 Å². The molecule has 39 heavy (non-hydrogen) atoms. The van der Waals surface area contributed by atoms with Crippen molar-refractivity contribution in [2.24, 2.45) is 0 Å². The minimum Gasteiger partial charge on any atom is -0.490 e. The highest BCUT2D eigenvalue weighted by Gasteiger charge is 2.37. The van der Waals surface area contributed by atoms with Crippen LogP contribution in [0.5, 0.6) is 11.5 Å². The largest absolute Gasteiger partial charge is 0.490 e. The molecular formula is C29H23Cl3N2O5. The topological polar surface area (TPSA) is 84.9 Å². The van der Waals surface area contributed by atoms with E-state index in [1.54, 1.807) is 30.3 Å². The number of amides is 4. The number of imide groups is 2. The number of allylic oxidation sites excluding steroid dienone is 1. The molecule has 0 atom stereocenters. The summed E-state index contributed by atoms with van der Waals surface area (Å²) in [6.07, 6.45) is 3.54. The second kappa shape index (κ2) is 12.4. The lowest BCUT2D eigenvalue weighted by atomic mass is 10.0. The Hall–Kier alpha value is -3.78. The number of carbonyl (C=O) groups excluding carboxylic acids is 3. The van der Waals surface area contributed by atoms with Crippen LogP contribution in [0.25, 0.3) is 6.08 Å². The van der Waals surface area contributed by atoms with Crippen molar-refractivity contribution in [3.8, 4) is 11.5 Å². The van der Waals surface area contributed by atoms with Crippen molar-refractivity contribution in [2.45, 2.75) is 20.0 Å². The van der Waals surface area contributed by atoms with Crippen LogP contribution in [0, 0.1) is 0 Å². The van der Waals surface area contributed by atoms with Gasteiger partial charge in [-0.05, 0) is 73.0 Å². The molecule has 200 valence electrons. The number of rotatable bonds is 9. The summed E-state index contributed by atoms with van der Waals surface area (Å²) in [6, 6.07) is 14.1. The Morgan fingerprint density at radius 3 is 2.36 bits per heavy atom.